The summed E-state index contributed by atoms with van der Waals surface area (Å²) in [7, 11) is 1.37. The highest BCUT2D eigenvalue weighted by Crippen LogP contribution is 2.04. The summed E-state index contributed by atoms with van der Waals surface area (Å²) < 4.78 is 0. The number of nitrogens with one attached hydrogen (secondary N) is 2. The van der Waals surface area contributed by atoms with Crippen LogP contribution < -0.4 is 10.9 Å². The van der Waals surface area contributed by atoms with Gasteiger partial charge in [-0.3, -0.25) is 10.2 Å². The molecule has 0 saturated carbocycles. The van der Waals surface area contributed by atoms with Gasteiger partial charge in [-0.05, 0) is 0 Å². The summed E-state index contributed by atoms with van der Waals surface area (Å²) in [6, 6.07) is 0. The molecular weight excluding hydrogens is 208 g/mol. The molecule has 0 bridgehead atoms. The molecule has 8 heteroatoms. The van der Waals surface area contributed by atoms with E-state index in [-0.39, 0.29) is 0 Å². The van der Waals surface area contributed by atoms with Gasteiger partial charge in [0, 0.05) is 7.05 Å². The molecule has 0 fully saturated rings. The lowest BCUT2D eigenvalue weighted by molar-refractivity contribution is -0.149. The fourth-order valence-electron chi connectivity index (χ4n) is 0.875. The van der Waals surface area contributed by atoms with E-state index in [0.717, 1.165) is 0 Å². The zero-order valence-corrected chi connectivity index (χ0v) is 8.16. The number of aliphatic hydroxyl groups is 5. The van der Waals surface area contributed by atoms with Crippen LogP contribution in [-0.2, 0) is 4.79 Å². The Kier molecular flexibility index (Phi) is 6.32. The lowest BCUT2D eigenvalue weighted by atomic mass is 10.0. The molecule has 15 heavy (non-hydrogen) atoms. The van der Waals surface area contributed by atoms with Gasteiger partial charge in [-0.1, -0.05) is 0 Å². The Balaban J connectivity index is 4.29. The summed E-state index contributed by atoms with van der Waals surface area (Å²) >= 11 is 0. The third-order valence-electron chi connectivity index (χ3n) is 1.77. The van der Waals surface area contributed by atoms with Crippen LogP contribution in [0.3, 0.4) is 0 Å². The minimum atomic E-state index is -1.91. The van der Waals surface area contributed by atoms with Crippen LogP contribution in [0.1, 0.15) is 0 Å². The van der Waals surface area contributed by atoms with Gasteiger partial charge >= 0.3 is 0 Å². The van der Waals surface area contributed by atoms with Gasteiger partial charge in [-0.2, -0.15) is 0 Å². The quantitative estimate of drug-likeness (QED) is 0.226. The maximum atomic E-state index is 11.0. The molecular formula is C7H16N2O6. The molecule has 0 aromatic heterocycles. The Morgan fingerprint density at radius 3 is 2.13 bits per heavy atom. The van der Waals surface area contributed by atoms with Crippen LogP contribution in [0.25, 0.3) is 0 Å². The second kappa shape index (κ2) is 6.67. The molecule has 0 aliphatic heterocycles. The average molecular weight is 224 g/mol. The molecule has 0 radical (unpaired) electrons. The minimum absolute atomic E-state index is 0.793. The van der Waals surface area contributed by atoms with Crippen LogP contribution in [-0.4, -0.2) is 69.5 Å². The number of hydrazine groups is 1. The van der Waals surface area contributed by atoms with Crippen molar-refractivity contribution < 1.29 is 30.3 Å². The summed E-state index contributed by atoms with van der Waals surface area (Å²) in [5, 5.41) is 45.0. The minimum Gasteiger partial charge on any atom is -0.394 e. The molecule has 90 valence electrons. The van der Waals surface area contributed by atoms with Gasteiger partial charge in [-0.25, -0.2) is 5.43 Å². The van der Waals surface area contributed by atoms with Crippen molar-refractivity contribution in [2.45, 2.75) is 24.4 Å². The number of amides is 1. The van der Waals surface area contributed by atoms with Crippen LogP contribution in [0.4, 0.5) is 0 Å². The van der Waals surface area contributed by atoms with Gasteiger partial charge in [0.1, 0.15) is 18.3 Å². The third kappa shape index (κ3) is 4.08. The molecule has 1 amide bonds. The topological polar surface area (TPSA) is 142 Å². The van der Waals surface area contributed by atoms with Crippen LogP contribution in [0, 0.1) is 0 Å². The van der Waals surface area contributed by atoms with E-state index < -0.39 is 36.9 Å². The summed E-state index contributed by atoms with van der Waals surface area (Å²) in [5.74, 6) is -0.964. The summed E-state index contributed by atoms with van der Waals surface area (Å²) in [6.07, 6.45) is -7.24. The predicted molar refractivity (Wildman–Crippen MR) is 48.3 cm³/mol. The molecule has 0 heterocycles. The number of hydrogen-bond acceptors (Lipinski definition) is 7. The number of carbonyl (C=O) groups is 1. The van der Waals surface area contributed by atoms with Crippen molar-refractivity contribution in [3.63, 3.8) is 0 Å². The molecule has 0 aromatic rings. The number of carbonyl (C=O) groups excluding carboxylic acids is 1. The lowest BCUT2D eigenvalue weighted by Gasteiger charge is -2.24. The third-order valence-corrected chi connectivity index (χ3v) is 1.77. The summed E-state index contributed by atoms with van der Waals surface area (Å²) in [5.41, 5.74) is 4.21. The molecule has 0 aromatic carbocycles. The van der Waals surface area contributed by atoms with Crippen molar-refractivity contribution in [2.75, 3.05) is 13.7 Å². The molecule has 4 atom stereocenters. The smallest absolute Gasteiger partial charge is 0.265 e. The highest BCUT2D eigenvalue weighted by molar-refractivity contribution is 5.80. The Labute approximate surface area is 86.1 Å². The Bertz CT molecular complexity index is 202. The van der Waals surface area contributed by atoms with Crippen LogP contribution >= 0.6 is 0 Å². The Morgan fingerprint density at radius 2 is 1.73 bits per heavy atom. The second-order valence-electron chi connectivity index (χ2n) is 2.92. The molecule has 0 rings (SSSR count). The van der Waals surface area contributed by atoms with Crippen molar-refractivity contribution in [3.8, 4) is 0 Å². The number of rotatable bonds is 6. The van der Waals surface area contributed by atoms with E-state index in [0.29, 0.717) is 0 Å². The van der Waals surface area contributed by atoms with Gasteiger partial charge in [-0.15, -0.1) is 0 Å². The fraction of sp³-hybridized carbons (Fsp3) is 0.857. The van der Waals surface area contributed by atoms with E-state index in [1.807, 2.05) is 5.43 Å². The summed E-state index contributed by atoms with van der Waals surface area (Å²) in [6.45, 7) is -0.793. The lowest BCUT2D eigenvalue weighted by Crippen LogP contribution is -2.53. The first kappa shape index (κ1) is 14.2. The first-order valence-corrected chi connectivity index (χ1v) is 4.25. The van der Waals surface area contributed by atoms with Gasteiger partial charge in [0.15, 0.2) is 6.10 Å². The largest absolute Gasteiger partial charge is 0.394 e. The first-order chi connectivity index (χ1) is 6.95. The predicted octanol–water partition coefficient (Wildman–Crippen LogP) is -4.33. The molecule has 0 aliphatic rings. The zero-order valence-electron chi connectivity index (χ0n) is 8.16. The van der Waals surface area contributed by atoms with E-state index in [4.69, 9.17) is 15.3 Å². The van der Waals surface area contributed by atoms with E-state index in [1.54, 1.807) is 0 Å². The monoisotopic (exact) mass is 224 g/mol. The van der Waals surface area contributed by atoms with Crippen LogP contribution in [0.2, 0.25) is 0 Å². The standard InChI is InChI=1S/C7H16N2O6/c1-8-9-7(15)6(14)5(13)4(12)3(11)2-10/h3-6,8,10-14H,2H2,1H3,(H,9,15)/t3-,4-,5+,6-/m1/s1. The second-order valence-corrected chi connectivity index (χ2v) is 2.92. The van der Waals surface area contributed by atoms with Crippen molar-refractivity contribution in [1.82, 2.24) is 10.9 Å². The first-order valence-electron chi connectivity index (χ1n) is 4.25. The van der Waals surface area contributed by atoms with Gasteiger partial charge in [0.05, 0.1) is 6.61 Å². The molecule has 0 saturated heterocycles. The molecule has 7 N–H and O–H groups in total. The van der Waals surface area contributed by atoms with Crippen LogP contribution in [0.15, 0.2) is 0 Å². The van der Waals surface area contributed by atoms with Gasteiger partial charge in [0.2, 0.25) is 0 Å². The van der Waals surface area contributed by atoms with E-state index in [9.17, 15) is 15.0 Å². The average Bonchev–Trinajstić information content (AvgIpc) is 2.25. The number of aliphatic hydroxyl groups excluding tert-OH is 5. The van der Waals surface area contributed by atoms with Crippen molar-refractivity contribution in [2.24, 2.45) is 0 Å². The van der Waals surface area contributed by atoms with Crippen molar-refractivity contribution in [1.29, 1.82) is 0 Å². The Morgan fingerprint density at radius 1 is 1.20 bits per heavy atom. The molecule has 0 unspecified atom stereocenters. The van der Waals surface area contributed by atoms with Crippen LogP contribution in [0.5, 0.6) is 0 Å². The van der Waals surface area contributed by atoms with E-state index in [1.165, 1.54) is 7.05 Å². The molecule has 0 spiro atoms. The Hall–Kier alpha value is -0.770. The molecule has 8 nitrogen and oxygen atoms in total. The maximum Gasteiger partial charge on any atom is 0.265 e. The zero-order chi connectivity index (χ0) is 12.0. The SMILES string of the molecule is CNNC(=O)[C@H](O)[C@@H](O)[C@H](O)[C@H](O)CO. The fourth-order valence-corrected chi connectivity index (χ4v) is 0.875. The van der Waals surface area contributed by atoms with E-state index >= 15 is 0 Å². The summed E-state index contributed by atoms with van der Waals surface area (Å²) in [4.78, 5) is 11.0. The number of hydrogen-bond donors (Lipinski definition) is 7. The van der Waals surface area contributed by atoms with Gasteiger partial charge in [0.25, 0.3) is 5.91 Å². The highest BCUT2D eigenvalue weighted by atomic mass is 16.4. The molecule has 0 aliphatic carbocycles. The van der Waals surface area contributed by atoms with Crippen molar-refractivity contribution >= 4 is 5.91 Å². The van der Waals surface area contributed by atoms with Gasteiger partial charge < -0.3 is 25.5 Å². The van der Waals surface area contributed by atoms with Crippen molar-refractivity contribution in [3.05, 3.63) is 0 Å². The maximum absolute atomic E-state index is 11.0. The van der Waals surface area contributed by atoms with E-state index in [2.05, 4.69) is 5.43 Å². The highest BCUT2D eigenvalue weighted by Gasteiger charge is 2.33. The normalized spacial score (nSPS) is 19.1.